The Balaban J connectivity index is 1.83. The number of likely N-dealkylation sites (tertiary alicyclic amines) is 1. The summed E-state index contributed by atoms with van der Waals surface area (Å²) >= 11 is 0. The van der Waals surface area contributed by atoms with Crippen molar-refractivity contribution in [1.82, 2.24) is 9.62 Å². The predicted molar refractivity (Wildman–Crippen MR) is 145 cm³/mol. The lowest BCUT2D eigenvalue weighted by Gasteiger charge is -2.34. The third kappa shape index (κ3) is 8.36. The van der Waals surface area contributed by atoms with Crippen LogP contribution < -0.4 is 16.2 Å². The summed E-state index contributed by atoms with van der Waals surface area (Å²) in [7, 11) is -3.99. The van der Waals surface area contributed by atoms with Crippen LogP contribution in [0.4, 0.5) is 0 Å². The number of nitrogens with two attached hydrogens (primary N) is 2. The lowest BCUT2D eigenvalue weighted by atomic mass is 9.93. The highest BCUT2D eigenvalue weighted by Gasteiger charge is 2.32. The summed E-state index contributed by atoms with van der Waals surface area (Å²) in [6, 6.07) is 12.7. The zero-order valence-corrected chi connectivity index (χ0v) is 22.1. The number of rotatable bonds is 13. The lowest BCUT2D eigenvalue weighted by Crippen LogP contribution is -2.51. The minimum atomic E-state index is -3.99. The fourth-order valence-electron chi connectivity index (χ4n) is 4.74. The minimum Gasteiger partial charge on any atom is -0.396 e. The van der Waals surface area contributed by atoms with Crippen molar-refractivity contribution in [3.8, 4) is 0 Å². The predicted octanol–water partition coefficient (Wildman–Crippen LogP) is 1.76. The molecule has 37 heavy (non-hydrogen) atoms. The Morgan fingerprint density at radius 2 is 1.81 bits per heavy atom. The van der Waals surface area contributed by atoms with Crippen LogP contribution in [0.3, 0.4) is 0 Å². The van der Waals surface area contributed by atoms with E-state index in [-0.39, 0.29) is 29.7 Å². The van der Waals surface area contributed by atoms with Gasteiger partial charge in [-0.05, 0) is 86.7 Å². The molecule has 0 bridgehead atoms. The zero-order valence-electron chi connectivity index (χ0n) is 21.2. The molecule has 202 valence electrons. The summed E-state index contributed by atoms with van der Waals surface area (Å²) in [5.41, 5.74) is 13.4. The molecule has 1 aliphatic heterocycles. The number of unbranched alkanes of at least 4 members (excludes halogenated alkanes) is 1. The maximum absolute atomic E-state index is 13.6. The minimum absolute atomic E-state index is 0.0923. The van der Waals surface area contributed by atoms with Gasteiger partial charge in [-0.2, -0.15) is 4.72 Å². The highest BCUT2D eigenvalue weighted by atomic mass is 32.2. The van der Waals surface area contributed by atoms with Crippen molar-refractivity contribution in [1.29, 1.82) is 5.41 Å². The van der Waals surface area contributed by atoms with Crippen LogP contribution >= 0.6 is 0 Å². The van der Waals surface area contributed by atoms with Gasteiger partial charge in [-0.25, -0.2) is 8.42 Å². The molecule has 1 atom stereocenters. The van der Waals surface area contributed by atoms with Crippen molar-refractivity contribution in [2.75, 3.05) is 26.2 Å². The first kappa shape index (κ1) is 28.8. The number of hydrogen-bond donors (Lipinski definition) is 5. The van der Waals surface area contributed by atoms with Crippen LogP contribution in [0.5, 0.6) is 0 Å². The van der Waals surface area contributed by atoms with Crippen LogP contribution in [0.2, 0.25) is 0 Å². The van der Waals surface area contributed by atoms with E-state index in [2.05, 4.69) is 4.72 Å². The number of carbonyl (C=O) groups is 1. The molecule has 0 aromatic heterocycles. The first-order valence-corrected chi connectivity index (χ1v) is 14.4. The van der Waals surface area contributed by atoms with Crippen LogP contribution in [0.1, 0.15) is 48.8 Å². The van der Waals surface area contributed by atoms with E-state index in [0.29, 0.717) is 49.5 Å². The van der Waals surface area contributed by atoms with Gasteiger partial charge in [0.2, 0.25) is 15.9 Å². The summed E-state index contributed by atoms with van der Waals surface area (Å²) < 4.78 is 29.5. The largest absolute Gasteiger partial charge is 0.396 e. The molecule has 10 heteroatoms. The molecule has 0 saturated carbocycles. The Morgan fingerprint density at radius 1 is 1.11 bits per heavy atom. The molecule has 2 aromatic carbocycles. The Hall–Kier alpha value is -2.79. The third-order valence-corrected chi connectivity index (χ3v) is 8.33. The number of carbonyl (C=O) groups excluding carboxylic acids is 1. The number of amides is 1. The number of sulfonamides is 1. The number of aliphatic hydroxyl groups excluding tert-OH is 1. The second-order valence-corrected chi connectivity index (χ2v) is 11.4. The molecule has 0 radical (unpaired) electrons. The van der Waals surface area contributed by atoms with E-state index in [4.69, 9.17) is 22.0 Å². The highest BCUT2D eigenvalue weighted by molar-refractivity contribution is 7.89. The Bertz CT molecular complexity index is 1160. The first-order chi connectivity index (χ1) is 17.7. The van der Waals surface area contributed by atoms with E-state index in [1.807, 2.05) is 6.07 Å². The average Bonchev–Trinajstić information content (AvgIpc) is 2.89. The molecule has 1 amide bonds. The number of nitrogens with one attached hydrogen (secondary N) is 2. The standard InChI is InChI=1S/C27H39N5O4S/c28-13-10-20-11-14-32(15-12-20)27(34)25(19-22-7-3-8-23(17-22)26(29)30)31-37(35,36)24-9-4-6-21(18-24)5-1-2-16-33/h3-4,6-9,17-18,20,25,31,33H,1-2,5,10-16,19,28H2,(H3,29,30)/t25-/m0/s1. The Kier molecular flexibility index (Phi) is 10.6. The normalized spacial score (nSPS) is 15.5. The van der Waals surface area contributed by atoms with Gasteiger partial charge in [0.05, 0.1) is 4.90 Å². The van der Waals surface area contributed by atoms with E-state index in [0.717, 1.165) is 31.2 Å². The number of piperidine rings is 1. The summed E-state index contributed by atoms with van der Waals surface area (Å²) in [4.78, 5) is 15.5. The number of benzene rings is 2. The molecule has 3 rings (SSSR count). The van der Waals surface area contributed by atoms with Gasteiger partial charge in [-0.3, -0.25) is 10.2 Å². The van der Waals surface area contributed by atoms with Gasteiger partial charge >= 0.3 is 0 Å². The van der Waals surface area contributed by atoms with E-state index >= 15 is 0 Å². The van der Waals surface area contributed by atoms with Gasteiger partial charge in [0, 0.05) is 25.3 Å². The number of aryl methyl sites for hydroxylation is 1. The van der Waals surface area contributed by atoms with E-state index < -0.39 is 16.1 Å². The number of hydrogen-bond acceptors (Lipinski definition) is 6. The smallest absolute Gasteiger partial charge is 0.241 e. The zero-order chi connectivity index (χ0) is 26.8. The van der Waals surface area contributed by atoms with Gasteiger partial charge in [-0.1, -0.05) is 30.3 Å². The SMILES string of the molecule is N=C(N)c1cccc(C[C@H](NS(=O)(=O)c2cccc(CCCCO)c2)C(=O)N2CCC(CCN)CC2)c1. The monoisotopic (exact) mass is 529 g/mol. The first-order valence-electron chi connectivity index (χ1n) is 12.9. The molecular formula is C27H39N5O4S. The molecule has 0 aliphatic carbocycles. The van der Waals surface area contributed by atoms with Crippen LogP contribution in [0.25, 0.3) is 0 Å². The van der Waals surface area contributed by atoms with E-state index in [1.165, 1.54) is 6.07 Å². The van der Waals surface area contributed by atoms with Crippen molar-refractivity contribution in [2.24, 2.45) is 17.4 Å². The highest BCUT2D eigenvalue weighted by Crippen LogP contribution is 2.22. The molecule has 1 saturated heterocycles. The number of aliphatic hydroxyl groups is 1. The maximum Gasteiger partial charge on any atom is 0.241 e. The summed E-state index contributed by atoms with van der Waals surface area (Å²) in [6.45, 7) is 1.84. The van der Waals surface area contributed by atoms with E-state index in [9.17, 15) is 13.2 Å². The second-order valence-electron chi connectivity index (χ2n) is 9.67. The lowest BCUT2D eigenvalue weighted by molar-refractivity contribution is -0.134. The van der Waals surface area contributed by atoms with Crippen LogP contribution in [-0.2, 0) is 27.7 Å². The molecule has 7 N–H and O–H groups in total. The summed E-state index contributed by atoms with van der Waals surface area (Å²) in [5, 5.41) is 16.7. The quantitative estimate of drug-likeness (QED) is 0.151. The topological polar surface area (TPSA) is 163 Å². The maximum atomic E-state index is 13.6. The van der Waals surface area contributed by atoms with Gasteiger partial charge in [-0.15, -0.1) is 0 Å². The van der Waals surface area contributed by atoms with Crippen molar-refractivity contribution in [2.45, 2.75) is 55.9 Å². The summed E-state index contributed by atoms with van der Waals surface area (Å²) in [5.74, 6) is 0.123. The fourth-order valence-corrected chi connectivity index (χ4v) is 6.00. The molecule has 9 nitrogen and oxygen atoms in total. The van der Waals surface area contributed by atoms with Crippen molar-refractivity contribution < 1.29 is 18.3 Å². The molecule has 1 heterocycles. The fraction of sp³-hybridized carbons (Fsp3) is 0.481. The molecule has 2 aromatic rings. The van der Waals surface area contributed by atoms with Crippen LogP contribution in [0, 0.1) is 11.3 Å². The van der Waals surface area contributed by atoms with Crippen molar-refractivity contribution in [3.05, 3.63) is 65.2 Å². The van der Waals surface area contributed by atoms with Gasteiger partial charge in [0.25, 0.3) is 0 Å². The Labute approximate surface area is 219 Å². The van der Waals surface area contributed by atoms with Gasteiger partial charge in [0.1, 0.15) is 11.9 Å². The van der Waals surface area contributed by atoms with Crippen molar-refractivity contribution in [3.63, 3.8) is 0 Å². The average molecular weight is 530 g/mol. The molecule has 1 aliphatic rings. The van der Waals surface area contributed by atoms with Crippen LogP contribution in [-0.4, -0.2) is 62.5 Å². The molecule has 0 unspecified atom stereocenters. The number of nitrogen functional groups attached to an aromatic ring is 1. The van der Waals surface area contributed by atoms with E-state index in [1.54, 1.807) is 41.3 Å². The number of nitrogens with zero attached hydrogens (tertiary/aromatic N) is 1. The third-order valence-electron chi connectivity index (χ3n) is 6.86. The molecule has 0 spiro atoms. The molecular weight excluding hydrogens is 490 g/mol. The Morgan fingerprint density at radius 3 is 2.49 bits per heavy atom. The second kappa shape index (κ2) is 13.7. The van der Waals surface area contributed by atoms with Gasteiger partial charge < -0.3 is 21.5 Å². The summed E-state index contributed by atoms with van der Waals surface area (Å²) in [6.07, 6.45) is 4.80. The van der Waals surface area contributed by atoms with Gasteiger partial charge in [0.15, 0.2) is 0 Å². The van der Waals surface area contributed by atoms with Crippen molar-refractivity contribution >= 4 is 21.8 Å². The molecule has 1 fully saturated rings. The number of amidine groups is 1. The van der Waals surface area contributed by atoms with Crippen LogP contribution in [0.15, 0.2) is 53.4 Å².